The average Bonchev–Trinajstić information content (AvgIpc) is 2.62. The second kappa shape index (κ2) is 8.61. The number of aromatic hydroxyl groups is 1. The maximum Gasteiger partial charge on any atom is 0.257 e. The second-order valence-corrected chi connectivity index (χ2v) is 8.18. The highest BCUT2D eigenvalue weighted by molar-refractivity contribution is 7.99. The summed E-state index contributed by atoms with van der Waals surface area (Å²) in [5.74, 6) is -0.0207. The number of rotatable bonds is 6. The highest BCUT2D eigenvalue weighted by Gasteiger charge is 2.21. The molecule has 1 atom stereocenters. The first kappa shape index (κ1) is 19.5. The average molecular weight is 388 g/mol. The molecule has 144 valence electrons. The van der Waals surface area contributed by atoms with E-state index in [9.17, 15) is 14.7 Å². The van der Waals surface area contributed by atoms with E-state index in [1.165, 1.54) is 27.5 Å². The predicted molar refractivity (Wildman–Crippen MR) is 106 cm³/mol. The molecule has 1 heterocycles. The van der Waals surface area contributed by atoms with Gasteiger partial charge in [-0.05, 0) is 36.3 Å². The number of hydrogen-bond donors (Lipinski definition) is 2. The quantitative estimate of drug-likeness (QED) is 0.588. The Morgan fingerprint density at radius 3 is 2.96 bits per heavy atom. The van der Waals surface area contributed by atoms with Gasteiger partial charge in [0, 0.05) is 6.54 Å². The lowest BCUT2D eigenvalue weighted by Crippen LogP contribution is -2.32. The largest absolute Gasteiger partial charge is 0.493 e. The zero-order valence-corrected chi connectivity index (χ0v) is 16.5. The summed E-state index contributed by atoms with van der Waals surface area (Å²) in [7, 11) is 0. The Bertz CT molecular complexity index is 879. The van der Waals surface area contributed by atoms with Crippen LogP contribution in [0.4, 0.5) is 0 Å². The number of nitrogens with zero attached hydrogens (tertiary/aromatic N) is 2. The molecule has 0 aliphatic heterocycles. The maximum absolute atomic E-state index is 12.5. The SMILES string of the molecule is CC(C)Cn1c(SCC(=O)N[C@@H]2CCCc3ccccc32)nc(O)cc1=O. The van der Waals surface area contributed by atoms with Gasteiger partial charge in [0.2, 0.25) is 11.8 Å². The van der Waals surface area contributed by atoms with Gasteiger partial charge in [-0.25, -0.2) is 0 Å². The Morgan fingerprint density at radius 1 is 1.41 bits per heavy atom. The van der Waals surface area contributed by atoms with Crippen molar-refractivity contribution >= 4 is 17.7 Å². The van der Waals surface area contributed by atoms with Crippen LogP contribution in [0.15, 0.2) is 40.3 Å². The molecule has 2 aromatic rings. The molecule has 1 aromatic carbocycles. The number of benzene rings is 1. The van der Waals surface area contributed by atoms with E-state index in [1.807, 2.05) is 26.0 Å². The van der Waals surface area contributed by atoms with Crippen molar-refractivity contribution < 1.29 is 9.90 Å². The van der Waals surface area contributed by atoms with Gasteiger partial charge in [-0.15, -0.1) is 0 Å². The number of carbonyl (C=O) groups is 1. The molecule has 0 bridgehead atoms. The zero-order valence-electron chi connectivity index (χ0n) is 15.6. The van der Waals surface area contributed by atoms with Crippen molar-refractivity contribution in [1.82, 2.24) is 14.9 Å². The fraction of sp³-hybridized carbons (Fsp3) is 0.450. The van der Waals surface area contributed by atoms with Gasteiger partial charge in [-0.3, -0.25) is 14.2 Å². The molecule has 1 aliphatic rings. The summed E-state index contributed by atoms with van der Waals surface area (Å²) in [4.78, 5) is 28.7. The van der Waals surface area contributed by atoms with Gasteiger partial charge in [-0.1, -0.05) is 49.9 Å². The summed E-state index contributed by atoms with van der Waals surface area (Å²) in [6.45, 7) is 4.49. The van der Waals surface area contributed by atoms with Crippen LogP contribution in [0, 0.1) is 5.92 Å². The summed E-state index contributed by atoms with van der Waals surface area (Å²) in [6.07, 6.45) is 3.03. The van der Waals surface area contributed by atoms with E-state index in [0.717, 1.165) is 25.3 Å². The number of carbonyl (C=O) groups excluding carboxylic acids is 1. The summed E-state index contributed by atoms with van der Waals surface area (Å²) in [5, 5.41) is 13.1. The molecule has 7 heteroatoms. The Hall–Kier alpha value is -2.28. The van der Waals surface area contributed by atoms with Crippen LogP contribution in [-0.2, 0) is 17.8 Å². The molecule has 0 saturated heterocycles. The minimum atomic E-state index is -0.316. The molecule has 0 radical (unpaired) electrons. The van der Waals surface area contributed by atoms with Crippen LogP contribution in [0.3, 0.4) is 0 Å². The lowest BCUT2D eigenvalue weighted by molar-refractivity contribution is -0.119. The number of fused-ring (bicyclic) bond motifs is 1. The van der Waals surface area contributed by atoms with Crippen molar-refractivity contribution in [3.8, 4) is 5.88 Å². The van der Waals surface area contributed by atoms with E-state index in [-0.39, 0.29) is 35.1 Å². The van der Waals surface area contributed by atoms with Crippen LogP contribution < -0.4 is 10.9 Å². The Morgan fingerprint density at radius 2 is 2.19 bits per heavy atom. The summed E-state index contributed by atoms with van der Waals surface area (Å²) >= 11 is 1.18. The second-order valence-electron chi connectivity index (χ2n) is 7.24. The molecule has 0 spiro atoms. The van der Waals surface area contributed by atoms with Gasteiger partial charge in [0.05, 0.1) is 17.9 Å². The van der Waals surface area contributed by atoms with Crippen LogP contribution in [0.1, 0.15) is 43.9 Å². The third-order valence-electron chi connectivity index (χ3n) is 4.54. The predicted octanol–water partition coefficient (Wildman–Crippen LogP) is 2.89. The minimum absolute atomic E-state index is 0.0260. The molecule has 2 N–H and O–H groups in total. The summed E-state index contributed by atoms with van der Waals surface area (Å²) < 4.78 is 1.51. The molecular formula is C20H25N3O3S. The lowest BCUT2D eigenvalue weighted by atomic mass is 9.88. The number of thioether (sulfide) groups is 1. The van der Waals surface area contributed by atoms with Crippen molar-refractivity contribution in [3.05, 3.63) is 51.8 Å². The Balaban J connectivity index is 1.68. The van der Waals surface area contributed by atoms with Crippen molar-refractivity contribution in [2.75, 3.05) is 5.75 Å². The number of amides is 1. The number of hydrogen-bond acceptors (Lipinski definition) is 5. The number of nitrogens with one attached hydrogen (secondary N) is 1. The first-order valence-electron chi connectivity index (χ1n) is 9.25. The van der Waals surface area contributed by atoms with Gasteiger partial charge in [0.25, 0.3) is 5.56 Å². The molecular weight excluding hydrogens is 362 g/mol. The fourth-order valence-corrected chi connectivity index (χ4v) is 4.21. The fourth-order valence-electron chi connectivity index (χ4n) is 3.39. The van der Waals surface area contributed by atoms with E-state index in [1.54, 1.807) is 0 Å². The third kappa shape index (κ3) is 4.91. The summed E-state index contributed by atoms with van der Waals surface area (Å²) in [5.41, 5.74) is 2.18. The van der Waals surface area contributed by atoms with Crippen LogP contribution in [0.25, 0.3) is 0 Å². The number of aryl methyl sites for hydroxylation is 1. The molecule has 3 rings (SSSR count). The zero-order chi connectivity index (χ0) is 19.4. The van der Waals surface area contributed by atoms with E-state index >= 15 is 0 Å². The van der Waals surface area contributed by atoms with Crippen molar-refractivity contribution in [2.45, 2.75) is 50.9 Å². The first-order chi connectivity index (χ1) is 12.9. The normalized spacial score (nSPS) is 16.2. The summed E-state index contributed by atoms with van der Waals surface area (Å²) in [6, 6.07) is 9.34. The molecule has 0 fully saturated rings. The van der Waals surface area contributed by atoms with Gasteiger partial charge in [-0.2, -0.15) is 4.98 Å². The number of aromatic nitrogens is 2. The van der Waals surface area contributed by atoms with Gasteiger partial charge < -0.3 is 10.4 Å². The van der Waals surface area contributed by atoms with Gasteiger partial charge in [0.1, 0.15) is 0 Å². The molecule has 0 saturated carbocycles. The van der Waals surface area contributed by atoms with Crippen LogP contribution in [-0.4, -0.2) is 26.3 Å². The lowest BCUT2D eigenvalue weighted by Gasteiger charge is -2.26. The molecule has 1 aromatic heterocycles. The monoisotopic (exact) mass is 387 g/mol. The molecule has 27 heavy (non-hydrogen) atoms. The first-order valence-corrected chi connectivity index (χ1v) is 10.2. The van der Waals surface area contributed by atoms with E-state index in [2.05, 4.69) is 22.4 Å². The third-order valence-corrected chi connectivity index (χ3v) is 5.52. The van der Waals surface area contributed by atoms with Gasteiger partial charge in [0.15, 0.2) is 5.16 Å². The van der Waals surface area contributed by atoms with Crippen molar-refractivity contribution in [2.24, 2.45) is 5.92 Å². The van der Waals surface area contributed by atoms with Crippen LogP contribution in [0.5, 0.6) is 5.88 Å². The minimum Gasteiger partial charge on any atom is -0.493 e. The molecule has 1 aliphatic carbocycles. The van der Waals surface area contributed by atoms with Crippen molar-refractivity contribution in [3.63, 3.8) is 0 Å². The Labute approximate surface area is 163 Å². The molecule has 1 amide bonds. The standard InChI is InChI=1S/C20H25N3O3S/c1-13(2)11-23-19(26)10-17(24)22-20(23)27-12-18(25)21-16-9-5-7-14-6-3-4-8-15(14)16/h3-4,6,8,10,13,16,24H,5,7,9,11-12H2,1-2H3,(H,21,25)/t16-/m1/s1. The van der Waals surface area contributed by atoms with Crippen molar-refractivity contribution in [1.29, 1.82) is 0 Å². The van der Waals surface area contributed by atoms with Crippen LogP contribution >= 0.6 is 11.8 Å². The van der Waals surface area contributed by atoms with E-state index < -0.39 is 0 Å². The molecule has 0 unspecified atom stereocenters. The topological polar surface area (TPSA) is 84.2 Å². The van der Waals surface area contributed by atoms with Gasteiger partial charge >= 0.3 is 0 Å². The smallest absolute Gasteiger partial charge is 0.257 e. The highest BCUT2D eigenvalue weighted by Crippen LogP contribution is 2.29. The van der Waals surface area contributed by atoms with E-state index in [0.29, 0.717) is 11.7 Å². The van der Waals surface area contributed by atoms with Crippen LogP contribution in [0.2, 0.25) is 0 Å². The van der Waals surface area contributed by atoms with E-state index in [4.69, 9.17) is 0 Å². The highest BCUT2D eigenvalue weighted by atomic mass is 32.2. The maximum atomic E-state index is 12.5. The Kier molecular flexibility index (Phi) is 6.21. The molecule has 6 nitrogen and oxygen atoms in total.